The van der Waals surface area contributed by atoms with Gasteiger partial charge in [-0.3, -0.25) is 4.98 Å². The third kappa shape index (κ3) is 3.95. The van der Waals surface area contributed by atoms with Gasteiger partial charge in [-0.25, -0.2) is 0 Å². The second-order valence-corrected chi connectivity index (χ2v) is 8.51. The van der Waals surface area contributed by atoms with E-state index < -0.39 is 6.10 Å². The number of aliphatic hydroxyl groups excluding tert-OH is 1. The molecule has 0 saturated carbocycles. The fraction of sp³-hybridized carbons (Fsp3) is 0.542. The minimum Gasteiger partial charge on any atom is -0.387 e. The van der Waals surface area contributed by atoms with Gasteiger partial charge >= 0.3 is 0 Å². The van der Waals surface area contributed by atoms with Crippen molar-refractivity contribution in [3.63, 3.8) is 0 Å². The molecule has 0 radical (unpaired) electrons. The summed E-state index contributed by atoms with van der Waals surface area (Å²) in [6.45, 7) is 6.94. The quantitative estimate of drug-likeness (QED) is 0.806. The molecule has 27 heavy (non-hydrogen) atoms. The van der Waals surface area contributed by atoms with Gasteiger partial charge in [0.15, 0.2) is 0 Å². The van der Waals surface area contributed by atoms with Gasteiger partial charge in [0.2, 0.25) is 0 Å². The summed E-state index contributed by atoms with van der Waals surface area (Å²) in [5.74, 6) is 1.23. The maximum Gasteiger partial charge on any atom is 0.0965 e. The number of fused-ring (bicyclic) bond motifs is 1. The normalized spacial score (nSPS) is 25.6. The molecule has 1 aliphatic carbocycles. The Bertz CT molecular complexity index is 766. The highest BCUT2D eigenvalue weighted by Crippen LogP contribution is 2.36. The molecule has 2 aromatic rings. The smallest absolute Gasteiger partial charge is 0.0965 e. The number of aryl methyl sites for hydroxylation is 2. The van der Waals surface area contributed by atoms with Crippen molar-refractivity contribution in [1.29, 1.82) is 0 Å². The van der Waals surface area contributed by atoms with Crippen LogP contribution in [0.5, 0.6) is 0 Å². The molecular formula is C24H32N2O. The summed E-state index contributed by atoms with van der Waals surface area (Å²) in [5.41, 5.74) is 5.11. The van der Waals surface area contributed by atoms with Crippen molar-refractivity contribution in [2.24, 2.45) is 5.92 Å². The summed E-state index contributed by atoms with van der Waals surface area (Å²) in [6.07, 6.45) is 6.90. The van der Waals surface area contributed by atoms with E-state index in [-0.39, 0.29) is 0 Å². The molecule has 1 saturated heterocycles. The van der Waals surface area contributed by atoms with Crippen molar-refractivity contribution in [2.45, 2.75) is 64.0 Å². The van der Waals surface area contributed by atoms with Crippen molar-refractivity contribution < 1.29 is 5.11 Å². The van der Waals surface area contributed by atoms with Crippen LogP contribution in [0.25, 0.3) is 0 Å². The topological polar surface area (TPSA) is 36.4 Å². The van der Waals surface area contributed by atoms with Crippen LogP contribution in [0.4, 0.5) is 0 Å². The third-order valence-corrected chi connectivity index (χ3v) is 6.97. The van der Waals surface area contributed by atoms with Crippen LogP contribution in [-0.4, -0.2) is 34.1 Å². The molecule has 3 atom stereocenters. The van der Waals surface area contributed by atoms with Crippen LogP contribution < -0.4 is 0 Å². The summed E-state index contributed by atoms with van der Waals surface area (Å²) in [6, 6.07) is 13.5. The van der Waals surface area contributed by atoms with Crippen LogP contribution in [0, 0.1) is 12.8 Å². The molecule has 144 valence electrons. The summed E-state index contributed by atoms with van der Waals surface area (Å²) in [4.78, 5) is 7.12. The van der Waals surface area contributed by atoms with E-state index >= 15 is 0 Å². The number of aliphatic hydroxyl groups is 1. The lowest BCUT2D eigenvalue weighted by Crippen LogP contribution is -2.43. The molecule has 1 unspecified atom stereocenters. The maximum absolute atomic E-state index is 10.7. The maximum atomic E-state index is 10.7. The van der Waals surface area contributed by atoms with E-state index in [0.717, 1.165) is 38.0 Å². The average Bonchev–Trinajstić information content (AvgIpc) is 2.87. The Morgan fingerprint density at radius 2 is 1.85 bits per heavy atom. The highest BCUT2D eigenvalue weighted by Gasteiger charge is 2.32. The number of nitrogens with zero attached hydrogens (tertiary/aromatic N) is 2. The van der Waals surface area contributed by atoms with E-state index in [1.165, 1.54) is 29.5 Å². The van der Waals surface area contributed by atoms with Crippen molar-refractivity contribution in [3.8, 4) is 0 Å². The lowest BCUT2D eigenvalue weighted by Gasteiger charge is -2.40. The molecular weight excluding hydrogens is 332 g/mol. The van der Waals surface area contributed by atoms with E-state index in [9.17, 15) is 5.11 Å². The highest BCUT2D eigenvalue weighted by atomic mass is 16.3. The summed E-state index contributed by atoms with van der Waals surface area (Å²) in [5, 5.41) is 10.7. The van der Waals surface area contributed by atoms with Gasteiger partial charge in [0.25, 0.3) is 0 Å². The standard InChI is InChI=1S/C24H32N2O/c1-17-6-3-4-8-22(17)19-11-14-26(15-12-19)18(2)21-10-9-20-7-5-13-25-24(20)23(27)16-21/h3-8,13,18-19,21,23,27H,9-12,14-16H2,1-2H3/t18?,21-,23-/m1/s1. The Labute approximate surface area is 163 Å². The summed E-state index contributed by atoms with van der Waals surface area (Å²) < 4.78 is 0. The van der Waals surface area contributed by atoms with E-state index in [0.29, 0.717) is 17.9 Å². The van der Waals surface area contributed by atoms with Gasteiger partial charge in [-0.15, -0.1) is 0 Å². The van der Waals surface area contributed by atoms with E-state index in [1.54, 1.807) is 0 Å². The predicted octanol–water partition coefficient (Wildman–Crippen LogP) is 4.64. The minimum atomic E-state index is -0.416. The molecule has 4 rings (SSSR count). The molecule has 3 heteroatoms. The zero-order valence-corrected chi connectivity index (χ0v) is 16.6. The fourth-order valence-electron chi connectivity index (χ4n) is 5.22. The molecule has 0 bridgehead atoms. The lowest BCUT2D eigenvalue weighted by atomic mass is 9.84. The predicted molar refractivity (Wildman–Crippen MR) is 110 cm³/mol. The molecule has 1 fully saturated rings. The van der Waals surface area contributed by atoms with Crippen LogP contribution in [0.2, 0.25) is 0 Å². The number of pyridine rings is 1. The van der Waals surface area contributed by atoms with Crippen molar-refractivity contribution in [3.05, 3.63) is 65.0 Å². The van der Waals surface area contributed by atoms with Gasteiger partial charge in [0, 0.05) is 12.2 Å². The number of hydrogen-bond acceptors (Lipinski definition) is 3. The van der Waals surface area contributed by atoms with Crippen LogP contribution in [0.1, 0.15) is 67.0 Å². The van der Waals surface area contributed by atoms with E-state index in [4.69, 9.17) is 0 Å². The van der Waals surface area contributed by atoms with Gasteiger partial charge in [0.1, 0.15) is 0 Å². The molecule has 1 aliphatic heterocycles. The molecule has 2 heterocycles. The molecule has 1 N–H and O–H groups in total. The fourth-order valence-corrected chi connectivity index (χ4v) is 5.22. The number of aromatic nitrogens is 1. The number of hydrogen-bond donors (Lipinski definition) is 1. The first-order valence-electron chi connectivity index (χ1n) is 10.5. The van der Waals surface area contributed by atoms with Crippen molar-refractivity contribution in [2.75, 3.05) is 13.1 Å². The third-order valence-electron chi connectivity index (χ3n) is 6.97. The molecule has 1 aromatic heterocycles. The first kappa shape index (κ1) is 18.6. The molecule has 0 spiro atoms. The first-order valence-corrected chi connectivity index (χ1v) is 10.5. The van der Waals surface area contributed by atoms with Crippen LogP contribution in [0.3, 0.4) is 0 Å². The Balaban J connectivity index is 1.38. The Morgan fingerprint density at radius 3 is 2.63 bits per heavy atom. The molecule has 0 amide bonds. The second kappa shape index (κ2) is 8.12. The van der Waals surface area contributed by atoms with Crippen LogP contribution in [-0.2, 0) is 6.42 Å². The zero-order valence-electron chi connectivity index (χ0n) is 16.6. The lowest BCUT2D eigenvalue weighted by molar-refractivity contribution is 0.0765. The van der Waals surface area contributed by atoms with Crippen LogP contribution in [0.15, 0.2) is 42.6 Å². The van der Waals surface area contributed by atoms with Crippen molar-refractivity contribution >= 4 is 0 Å². The number of piperidine rings is 1. The van der Waals surface area contributed by atoms with Crippen LogP contribution >= 0.6 is 0 Å². The minimum absolute atomic E-state index is 0.416. The Morgan fingerprint density at radius 1 is 1.07 bits per heavy atom. The van der Waals surface area contributed by atoms with Gasteiger partial charge < -0.3 is 10.0 Å². The first-order chi connectivity index (χ1) is 13.1. The largest absolute Gasteiger partial charge is 0.387 e. The molecule has 2 aliphatic rings. The summed E-state index contributed by atoms with van der Waals surface area (Å²) >= 11 is 0. The summed E-state index contributed by atoms with van der Waals surface area (Å²) in [7, 11) is 0. The monoisotopic (exact) mass is 364 g/mol. The number of likely N-dealkylation sites (tertiary alicyclic amines) is 1. The Kier molecular flexibility index (Phi) is 5.60. The van der Waals surface area contributed by atoms with E-state index in [2.05, 4.69) is 54.1 Å². The van der Waals surface area contributed by atoms with Gasteiger partial charge in [0.05, 0.1) is 11.8 Å². The van der Waals surface area contributed by atoms with Crippen molar-refractivity contribution in [1.82, 2.24) is 9.88 Å². The number of rotatable bonds is 3. The average molecular weight is 365 g/mol. The highest BCUT2D eigenvalue weighted by molar-refractivity contribution is 5.29. The van der Waals surface area contributed by atoms with Gasteiger partial charge in [-0.05, 0) is 93.6 Å². The second-order valence-electron chi connectivity index (χ2n) is 8.51. The SMILES string of the molecule is Cc1ccccc1C1CCN(C(C)[C@@H]2CCc3cccnc3[C@H](O)C2)CC1. The van der Waals surface area contributed by atoms with Gasteiger partial charge in [-0.1, -0.05) is 30.3 Å². The molecule has 3 nitrogen and oxygen atoms in total. The zero-order chi connectivity index (χ0) is 18.8. The number of benzene rings is 1. The van der Waals surface area contributed by atoms with Gasteiger partial charge in [-0.2, -0.15) is 0 Å². The Hall–Kier alpha value is -1.71. The molecule has 1 aromatic carbocycles. The van der Waals surface area contributed by atoms with E-state index in [1.807, 2.05) is 12.3 Å².